The van der Waals surface area contributed by atoms with Gasteiger partial charge in [-0.25, -0.2) is 9.29 Å². The number of rotatable bonds is 7. The van der Waals surface area contributed by atoms with Crippen molar-refractivity contribution in [3.8, 4) is 11.8 Å². The van der Waals surface area contributed by atoms with E-state index in [-0.39, 0.29) is 34.3 Å². The SMILES string of the molecule is CCOc1cc(N/C=C(\C#N)C(=O)Nc2ccc(F)c(Cl)c2)ccc1N1C(=O)c2ccccc2C1=O. The van der Waals surface area contributed by atoms with Gasteiger partial charge in [-0.1, -0.05) is 23.7 Å². The zero-order valence-corrected chi connectivity index (χ0v) is 19.6. The fourth-order valence-corrected chi connectivity index (χ4v) is 3.72. The van der Waals surface area contributed by atoms with E-state index in [1.807, 2.05) is 0 Å². The summed E-state index contributed by atoms with van der Waals surface area (Å²) >= 11 is 5.72. The lowest BCUT2D eigenvalue weighted by molar-refractivity contribution is -0.112. The highest BCUT2D eigenvalue weighted by atomic mass is 35.5. The highest BCUT2D eigenvalue weighted by Crippen LogP contribution is 2.36. The summed E-state index contributed by atoms with van der Waals surface area (Å²) in [5, 5.41) is 14.5. The quantitative estimate of drug-likeness (QED) is 0.262. The van der Waals surface area contributed by atoms with E-state index < -0.39 is 23.5 Å². The molecule has 0 fully saturated rings. The van der Waals surface area contributed by atoms with Crippen LogP contribution in [0.3, 0.4) is 0 Å². The Labute approximate surface area is 210 Å². The van der Waals surface area contributed by atoms with Crippen LogP contribution in [0.1, 0.15) is 27.6 Å². The van der Waals surface area contributed by atoms with E-state index in [9.17, 15) is 24.0 Å². The number of halogens is 2. The molecule has 10 heteroatoms. The molecule has 36 heavy (non-hydrogen) atoms. The second-order valence-electron chi connectivity index (χ2n) is 7.50. The summed E-state index contributed by atoms with van der Waals surface area (Å²) in [5.41, 5.74) is 1.27. The topological polar surface area (TPSA) is 112 Å². The Morgan fingerprint density at radius 3 is 2.36 bits per heavy atom. The standard InChI is InChI=1S/C26H18ClFN4O4/c1-2-36-23-12-16(8-10-22(23)32-25(34)18-5-3-4-6-19(18)26(32)35)30-14-15(13-29)24(33)31-17-7-9-21(28)20(27)11-17/h3-12,14,30H,2H2,1H3,(H,31,33)/b15-14+. The minimum Gasteiger partial charge on any atom is -0.492 e. The number of amides is 3. The van der Waals surface area contributed by atoms with E-state index in [0.29, 0.717) is 16.8 Å². The van der Waals surface area contributed by atoms with Crippen LogP contribution in [0.2, 0.25) is 5.02 Å². The molecule has 3 aromatic rings. The molecule has 0 saturated carbocycles. The molecule has 0 saturated heterocycles. The first kappa shape index (κ1) is 24.4. The molecule has 0 spiro atoms. The highest BCUT2D eigenvalue weighted by molar-refractivity contribution is 6.35. The molecule has 1 aliphatic rings. The van der Waals surface area contributed by atoms with Crippen LogP contribution in [0, 0.1) is 17.1 Å². The Bertz CT molecular complexity index is 1430. The summed E-state index contributed by atoms with van der Waals surface area (Å²) in [5.74, 6) is -2.03. The number of nitrogens with zero attached hydrogens (tertiary/aromatic N) is 2. The molecule has 4 rings (SSSR count). The van der Waals surface area contributed by atoms with Crippen LogP contribution in [0.5, 0.6) is 5.75 Å². The fraction of sp³-hybridized carbons (Fsp3) is 0.0769. The number of fused-ring (bicyclic) bond motifs is 1. The smallest absolute Gasteiger partial charge is 0.267 e. The largest absolute Gasteiger partial charge is 0.492 e. The summed E-state index contributed by atoms with van der Waals surface area (Å²) < 4.78 is 19.0. The highest BCUT2D eigenvalue weighted by Gasteiger charge is 2.37. The Morgan fingerprint density at radius 2 is 1.75 bits per heavy atom. The number of ether oxygens (including phenoxy) is 1. The number of nitrogens with one attached hydrogen (secondary N) is 2. The summed E-state index contributed by atoms with van der Waals surface area (Å²) in [7, 11) is 0. The molecule has 2 N–H and O–H groups in total. The van der Waals surface area contributed by atoms with Gasteiger partial charge in [0.1, 0.15) is 23.2 Å². The van der Waals surface area contributed by atoms with E-state index in [2.05, 4.69) is 10.6 Å². The van der Waals surface area contributed by atoms with Gasteiger partial charge in [-0.05, 0) is 49.4 Å². The second kappa shape index (κ2) is 10.3. The lowest BCUT2D eigenvalue weighted by atomic mass is 10.1. The van der Waals surface area contributed by atoms with E-state index in [0.717, 1.165) is 11.0 Å². The Kier molecular flexibility index (Phi) is 6.99. The first-order chi connectivity index (χ1) is 17.3. The third kappa shape index (κ3) is 4.76. The Morgan fingerprint density at radius 1 is 1.08 bits per heavy atom. The maximum absolute atomic E-state index is 13.3. The van der Waals surface area contributed by atoms with Crippen LogP contribution >= 0.6 is 11.6 Å². The van der Waals surface area contributed by atoms with Gasteiger partial charge in [0.25, 0.3) is 17.7 Å². The number of anilines is 3. The van der Waals surface area contributed by atoms with Crippen molar-refractivity contribution >= 4 is 46.4 Å². The maximum Gasteiger partial charge on any atom is 0.267 e. The molecule has 1 heterocycles. The van der Waals surface area contributed by atoms with E-state index >= 15 is 0 Å². The van der Waals surface area contributed by atoms with Crippen LogP contribution in [0.25, 0.3) is 0 Å². The van der Waals surface area contributed by atoms with Gasteiger partial charge in [-0.3, -0.25) is 14.4 Å². The first-order valence-electron chi connectivity index (χ1n) is 10.7. The molecule has 1 aliphatic heterocycles. The van der Waals surface area contributed by atoms with Crippen LogP contribution in [0.15, 0.2) is 72.4 Å². The molecule has 180 valence electrons. The van der Waals surface area contributed by atoms with Gasteiger partial charge in [0.15, 0.2) is 0 Å². The Balaban J connectivity index is 1.56. The van der Waals surface area contributed by atoms with Gasteiger partial charge in [-0.2, -0.15) is 5.26 Å². The molecular weight excluding hydrogens is 487 g/mol. The lowest BCUT2D eigenvalue weighted by Crippen LogP contribution is -2.29. The molecular formula is C26H18ClFN4O4. The van der Waals surface area contributed by atoms with Crippen molar-refractivity contribution in [3.05, 3.63) is 94.4 Å². The van der Waals surface area contributed by atoms with Crippen molar-refractivity contribution in [1.82, 2.24) is 0 Å². The zero-order chi connectivity index (χ0) is 25.8. The van der Waals surface area contributed by atoms with E-state index in [1.165, 1.54) is 24.4 Å². The molecule has 3 aromatic carbocycles. The van der Waals surface area contributed by atoms with Crippen molar-refractivity contribution in [2.24, 2.45) is 0 Å². The molecule has 0 aromatic heterocycles. The molecule has 3 amide bonds. The zero-order valence-electron chi connectivity index (χ0n) is 18.8. The second-order valence-corrected chi connectivity index (χ2v) is 7.91. The molecule has 0 bridgehead atoms. The van der Waals surface area contributed by atoms with Crippen molar-refractivity contribution in [2.45, 2.75) is 6.92 Å². The minimum absolute atomic E-state index is 0.171. The third-order valence-electron chi connectivity index (χ3n) is 5.22. The van der Waals surface area contributed by atoms with Gasteiger partial charge in [0, 0.05) is 23.6 Å². The minimum atomic E-state index is -0.736. The number of imide groups is 1. The summed E-state index contributed by atoms with van der Waals surface area (Å²) in [6.07, 6.45) is 1.19. The summed E-state index contributed by atoms with van der Waals surface area (Å²) in [6, 6.07) is 16.6. The molecule has 0 unspecified atom stereocenters. The summed E-state index contributed by atoms with van der Waals surface area (Å²) in [6.45, 7) is 2.02. The number of carbonyl (C=O) groups is 3. The van der Waals surface area contributed by atoms with Gasteiger partial charge >= 0.3 is 0 Å². The number of nitriles is 1. The van der Waals surface area contributed by atoms with Crippen molar-refractivity contribution in [3.63, 3.8) is 0 Å². The molecule has 0 atom stereocenters. The number of hydrogen-bond acceptors (Lipinski definition) is 6. The Hall–Kier alpha value is -4.68. The number of benzene rings is 3. The molecule has 8 nitrogen and oxygen atoms in total. The van der Waals surface area contributed by atoms with E-state index in [1.54, 1.807) is 49.4 Å². The van der Waals surface area contributed by atoms with Gasteiger partial charge < -0.3 is 15.4 Å². The van der Waals surface area contributed by atoms with Crippen LogP contribution in [-0.2, 0) is 4.79 Å². The van der Waals surface area contributed by atoms with Crippen molar-refractivity contribution in [2.75, 3.05) is 22.1 Å². The predicted molar refractivity (Wildman–Crippen MR) is 133 cm³/mol. The molecule has 0 radical (unpaired) electrons. The van der Waals surface area contributed by atoms with Crippen LogP contribution < -0.4 is 20.3 Å². The van der Waals surface area contributed by atoms with Gasteiger partial charge in [0.05, 0.1) is 28.4 Å². The maximum atomic E-state index is 13.3. The van der Waals surface area contributed by atoms with Crippen LogP contribution in [-0.4, -0.2) is 24.3 Å². The van der Waals surface area contributed by atoms with Crippen molar-refractivity contribution < 1.29 is 23.5 Å². The lowest BCUT2D eigenvalue weighted by Gasteiger charge is -2.19. The number of hydrogen-bond donors (Lipinski definition) is 2. The normalized spacial score (nSPS) is 12.7. The number of carbonyl (C=O) groups excluding carboxylic acids is 3. The predicted octanol–water partition coefficient (Wildman–Crippen LogP) is 5.14. The average Bonchev–Trinajstić information content (AvgIpc) is 3.12. The monoisotopic (exact) mass is 504 g/mol. The van der Waals surface area contributed by atoms with E-state index in [4.69, 9.17) is 16.3 Å². The van der Waals surface area contributed by atoms with Crippen molar-refractivity contribution in [1.29, 1.82) is 5.26 Å². The first-order valence-corrected chi connectivity index (χ1v) is 11.1. The summed E-state index contributed by atoms with van der Waals surface area (Å²) in [4.78, 5) is 39.3. The van der Waals surface area contributed by atoms with Gasteiger partial charge in [0.2, 0.25) is 0 Å². The van der Waals surface area contributed by atoms with Gasteiger partial charge in [-0.15, -0.1) is 0 Å². The average molecular weight is 505 g/mol. The van der Waals surface area contributed by atoms with Crippen LogP contribution in [0.4, 0.5) is 21.5 Å². The molecule has 0 aliphatic carbocycles. The third-order valence-corrected chi connectivity index (χ3v) is 5.51. The fourth-order valence-electron chi connectivity index (χ4n) is 3.54.